The molecule has 2 rings (SSSR count). The van der Waals surface area contributed by atoms with E-state index in [0.717, 1.165) is 19.6 Å². The Labute approximate surface area is 85.1 Å². The van der Waals surface area contributed by atoms with Gasteiger partial charge in [-0.2, -0.15) is 0 Å². The lowest BCUT2D eigenvalue weighted by Crippen LogP contribution is -2.24. The second-order valence-corrected chi connectivity index (χ2v) is 4.22. The van der Waals surface area contributed by atoms with Crippen molar-refractivity contribution in [1.29, 1.82) is 0 Å². The number of nitrogens with two attached hydrogens (primary N) is 1. The summed E-state index contributed by atoms with van der Waals surface area (Å²) in [7, 11) is 0. The second-order valence-electron chi connectivity index (χ2n) is 4.22. The maximum absolute atomic E-state index is 5.74. The topological polar surface area (TPSA) is 35.2 Å². The van der Waals surface area contributed by atoms with E-state index in [2.05, 4.69) is 25.1 Å². The molecule has 1 saturated heterocycles. The SMILES string of the molecule is CC1(c2ccccc2CN)CCOC1. The van der Waals surface area contributed by atoms with Gasteiger partial charge in [0.05, 0.1) is 6.61 Å². The summed E-state index contributed by atoms with van der Waals surface area (Å²) in [6.45, 7) is 4.57. The summed E-state index contributed by atoms with van der Waals surface area (Å²) in [4.78, 5) is 0. The first-order valence-corrected chi connectivity index (χ1v) is 5.12. The molecule has 0 aliphatic carbocycles. The highest BCUT2D eigenvalue weighted by molar-refractivity contribution is 5.34. The van der Waals surface area contributed by atoms with Crippen LogP contribution in [0.15, 0.2) is 24.3 Å². The molecule has 0 radical (unpaired) electrons. The van der Waals surface area contributed by atoms with Gasteiger partial charge in [-0.1, -0.05) is 31.2 Å². The summed E-state index contributed by atoms with van der Waals surface area (Å²) in [5.41, 5.74) is 8.52. The van der Waals surface area contributed by atoms with Crippen LogP contribution in [-0.4, -0.2) is 13.2 Å². The highest BCUT2D eigenvalue weighted by Crippen LogP contribution is 2.34. The molecule has 0 bridgehead atoms. The van der Waals surface area contributed by atoms with E-state index >= 15 is 0 Å². The molecule has 76 valence electrons. The van der Waals surface area contributed by atoms with Crippen LogP contribution in [-0.2, 0) is 16.7 Å². The zero-order valence-corrected chi connectivity index (χ0v) is 8.62. The summed E-state index contributed by atoms with van der Waals surface area (Å²) in [6, 6.07) is 8.42. The van der Waals surface area contributed by atoms with Crippen molar-refractivity contribution in [2.45, 2.75) is 25.3 Å². The van der Waals surface area contributed by atoms with Crippen molar-refractivity contribution in [3.63, 3.8) is 0 Å². The normalized spacial score (nSPS) is 26.7. The van der Waals surface area contributed by atoms with Crippen LogP contribution >= 0.6 is 0 Å². The fourth-order valence-corrected chi connectivity index (χ4v) is 2.17. The van der Waals surface area contributed by atoms with Gasteiger partial charge < -0.3 is 10.5 Å². The minimum absolute atomic E-state index is 0.177. The van der Waals surface area contributed by atoms with Crippen LogP contribution in [0, 0.1) is 0 Å². The Hall–Kier alpha value is -0.860. The zero-order valence-electron chi connectivity index (χ0n) is 8.62. The van der Waals surface area contributed by atoms with Crippen LogP contribution in [0.3, 0.4) is 0 Å². The van der Waals surface area contributed by atoms with Crippen molar-refractivity contribution < 1.29 is 4.74 Å². The van der Waals surface area contributed by atoms with E-state index < -0.39 is 0 Å². The minimum Gasteiger partial charge on any atom is -0.381 e. The van der Waals surface area contributed by atoms with Crippen molar-refractivity contribution >= 4 is 0 Å². The lowest BCUT2D eigenvalue weighted by molar-refractivity contribution is 0.180. The van der Waals surface area contributed by atoms with Gasteiger partial charge >= 0.3 is 0 Å². The summed E-state index contributed by atoms with van der Waals surface area (Å²) < 4.78 is 5.47. The first-order valence-electron chi connectivity index (χ1n) is 5.12. The third-order valence-corrected chi connectivity index (χ3v) is 3.11. The highest BCUT2D eigenvalue weighted by atomic mass is 16.5. The van der Waals surface area contributed by atoms with E-state index in [-0.39, 0.29) is 5.41 Å². The quantitative estimate of drug-likeness (QED) is 0.774. The van der Waals surface area contributed by atoms with Crippen LogP contribution < -0.4 is 5.73 Å². The molecule has 2 nitrogen and oxygen atoms in total. The molecule has 1 aliphatic rings. The van der Waals surface area contributed by atoms with Crippen molar-refractivity contribution in [2.75, 3.05) is 13.2 Å². The molecule has 1 aromatic rings. The largest absolute Gasteiger partial charge is 0.381 e. The number of rotatable bonds is 2. The van der Waals surface area contributed by atoms with Gasteiger partial charge in [-0.05, 0) is 17.5 Å². The van der Waals surface area contributed by atoms with Crippen molar-refractivity contribution in [3.8, 4) is 0 Å². The lowest BCUT2D eigenvalue weighted by Gasteiger charge is -2.24. The molecule has 14 heavy (non-hydrogen) atoms. The average molecular weight is 191 g/mol. The molecule has 1 heterocycles. The van der Waals surface area contributed by atoms with Gasteiger partial charge in [0.1, 0.15) is 0 Å². The first-order chi connectivity index (χ1) is 6.76. The predicted octanol–water partition coefficient (Wildman–Crippen LogP) is 1.82. The van der Waals surface area contributed by atoms with Crippen molar-refractivity contribution in [1.82, 2.24) is 0 Å². The van der Waals surface area contributed by atoms with E-state index in [1.165, 1.54) is 11.1 Å². The van der Waals surface area contributed by atoms with Gasteiger partial charge in [-0.3, -0.25) is 0 Å². The zero-order chi connectivity index (χ0) is 10.0. The number of hydrogen-bond donors (Lipinski definition) is 1. The molecular weight excluding hydrogens is 174 g/mol. The fourth-order valence-electron chi connectivity index (χ4n) is 2.17. The fraction of sp³-hybridized carbons (Fsp3) is 0.500. The Morgan fingerprint density at radius 2 is 2.21 bits per heavy atom. The smallest absolute Gasteiger partial charge is 0.0561 e. The van der Waals surface area contributed by atoms with Crippen molar-refractivity contribution in [2.24, 2.45) is 5.73 Å². The molecule has 2 N–H and O–H groups in total. The Bertz CT molecular complexity index is 316. The molecule has 0 amide bonds. The molecular formula is C12H17NO. The summed E-state index contributed by atoms with van der Waals surface area (Å²) in [5, 5.41) is 0. The van der Waals surface area contributed by atoms with Gasteiger partial charge in [-0.15, -0.1) is 0 Å². The molecule has 1 unspecified atom stereocenters. The van der Waals surface area contributed by atoms with E-state index in [4.69, 9.17) is 10.5 Å². The summed E-state index contributed by atoms with van der Waals surface area (Å²) in [6.07, 6.45) is 1.10. The highest BCUT2D eigenvalue weighted by Gasteiger charge is 2.32. The maximum atomic E-state index is 5.74. The van der Waals surface area contributed by atoms with E-state index in [1.807, 2.05) is 6.07 Å². The molecule has 0 spiro atoms. The Morgan fingerprint density at radius 1 is 1.43 bits per heavy atom. The minimum atomic E-state index is 0.177. The molecule has 0 saturated carbocycles. The maximum Gasteiger partial charge on any atom is 0.0561 e. The molecule has 0 aromatic heterocycles. The standard InChI is InChI=1S/C12H17NO/c1-12(6-7-14-9-12)11-5-3-2-4-10(11)8-13/h2-5H,6-9,13H2,1H3. The third kappa shape index (κ3) is 1.56. The Balaban J connectivity index is 2.39. The Morgan fingerprint density at radius 3 is 2.86 bits per heavy atom. The molecule has 1 aliphatic heterocycles. The van der Waals surface area contributed by atoms with Gasteiger partial charge in [-0.25, -0.2) is 0 Å². The number of ether oxygens (including phenoxy) is 1. The first kappa shape index (κ1) is 9.69. The average Bonchev–Trinajstić information content (AvgIpc) is 2.66. The molecule has 1 aromatic carbocycles. The van der Waals surface area contributed by atoms with E-state index in [1.54, 1.807) is 0 Å². The number of hydrogen-bond acceptors (Lipinski definition) is 2. The van der Waals surface area contributed by atoms with Gasteiger partial charge in [0.25, 0.3) is 0 Å². The third-order valence-electron chi connectivity index (χ3n) is 3.11. The van der Waals surface area contributed by atoms with Gasteiger partial charge in [0.15, 0.2) is 0 Å². The van der Waals surface area contributed by atoms with Crippen molar-refractivity contribution in [3.05, 3.63) is 35.4 Å². The van der Waals surface area contributed by atoms with E-state index in [9.17, 15) is 0 Å². The second kappa shape index (κ2) is 3.71. The summed E-state index contributed by atoms with van der Waals surface area (Å²) >= 11 is 0. The Kier molecular flexibility index (Phi) is 2.57. The molecule has 1 atom stereocenters. The van der Waals surface area contributed by atoms with Crippen LogP contribution in [0.1, 0.15) is 24.5 Å². The molecule has 1 fully saturated rings. The van der Waals surface area contributed by atoms with Crippen LogP contribution in [0.2, 0.25) is 0 Å². The lowest BCUT2D eigenvalue weighted by atomic mass is 9.79. The van der Waals surface area contributed by atoms with Gasteiger partial charge in [0.2, 0.25) is 0 Å². The van der Waals surface area contributed by atoms with E-state index in [0.29, 0.717) is 6.54 Å². The molecule has 2 heteroatoms. The van der Waals surface area contributed by atoms with Crippen LogP contribution in [0.25, 0.3) is 0 Å². The number of benzene rings is 1. The summed E-state index contributed by atoms with van der Waals surface area (Å²) in [5.74, 6) is 0. The van der Waals surface area contributed by atoms with Crippen LogP contribution in [0.4, 0.5) is 0 Å². The van der Waals surface area contributed by atoms with Gasteiger partial charge in [0, 0.05) is 18.6 Å². The monoisotopic (exact) mass is 191 g/mol. The predicted molar refractivity (Wildman–Crippen MR) is 57.1 cm³/mol. The van der Waals surface area contributed by atoms with Crippen LogP contribution in [0.5, 0.6) is 0 Å².